The Balaban J connectivity index is 1.77. The van der Waals surface area contributed by atoms with Gasteiger partial charge in [0.05, 0.1) is 0 Å². The van der Waals surface area contributed by atoms with E-state index in [1.165, 1.54) is 17.9 Å². The summed E-state index contributed by atoms with van der Waals surface area (Å²) in [5.74, 6) is 3.06. The largest absolute Gasteiger partial charge is 0.335 e. The molecule has 2 heterocycles. The number of thioether (sulfide) groups is 1. The van der Waals surface area contributed by atoms with Crippen LogP contribution in [0.15, 0.2) is 0 Å². The molecule has 4 heteroatoms. The number of carbonyl (C=O) groups is 1. The first-order chi connectivity index (χ1) is 7.75. The standard InChI is InChI=1S/C12H22N2OS/c1-10-3-2-6-14(9-10)12(15)13-11-4-7-16-8-5-11/h10-11H,2-9H2,1H3,(H,13,15). The number of likely N-dealkylation sites (tertiary alicyclic amines) is 1. The fourth-order valence-electron chi connectivity index (χ4n) is 2.48. The van der Waals surface area contributed by atoms with E-state index < -0.39 is 0 Å². The zero-order valence-electron chi connectivity index (χ0n) is 10.1. The van der Waals surface area contributed by atoms with Crippen LogP contribution in [0.5, 0.6) is 0 Å². The zero-order chi connectivity index (χ0) is 11.4. The third-order valence-electron chi connectivity index (χ3n) is 3.49. The second kappa shape index (κ2) is 5.80. The second-order valence-electron chi connectivity index (χ2n) is 5.03. The van der Waals surface area contributed by atoms with Gasteiger partial charge in [0.25, 0.3) is 0 Å². The molecule has 2 aliphatic rings. The van der Waals surface area contributed by atoms with Crippen LogP contribution in [0.4, 0.5) is 4.79 Å². The average molecular weight is 242 g/mol. The number of piperidine rings is 1. The van der Waals surface area contributed by atoms with Gasteiger partial charge in [-0.2, -0.15) is 11.8 Å². The molecule has 0 aromatic heterocycles. The molecule has 92 valence electrons. The molecular formula is C12H22N2OS. The van der Waals surface area contributed by atoms with Gasteiger partial charge in [0, 0.05) is 19.1 Å². The maximum absolute atomic E-state index is 12.0. The fourth-order valence-corrected chi connectivity index (χ4v) is 3.59. The Labute approximate surface area is 102 Å². The average Bonchev–Trinajstić information content (AvgIpc) is 2.30. The van der Waals surface area contributed by atoms with Gasteiger partial charge in [-0.05, 0) is 43.1 Å². The van der Waals surface area contributed by atoms with Gasteiger partial charge in [-0.1, -0.05) is 6.92 Å². The Hall–Kier alpha value is -0.380. The highest BCUT2D eigenvalue weighted by Gasteiger charge is 2.23. The smallest absolute Gasteiger partial charge is 0.317 e. The van der Waals surface area contributed by atoms with Crippen molar-refractivity contribution in [2.24, 2.45) is 5.92 Å². The summed E-state index contributed by atoms with van der Waals surface area (Å²) in [6.07, 6.45) is 4.71. The lowest BCUT2D eigenvalue weighted by Crippen LogP contribution is -2.49. The van der Waals surface area contributed by atoms with Crippen LogP contribution in [-0.4, -0.2) is 41.6 Å². The van der Waals surface area contributed by atoms with E-state index in [2.05, 4.69) is 12.2 Å². The molecule has 1 N–H and O–H groups in total. The van der Waals surface area contributed by atoms with E-state index in [1.807, 2.05) is 16.7 Å². The number of carbonyl (C=O) groups excluding carboxylic acids is 1. The summed E-state index contributed by atoms with van der Waals surface area (Å²) < 4.78 is 0. The van der Waals surface area contributed by atoms with E-state index in [4.69, 9.17) is 0 Å². The van der Waals surface area contributed by atoms with Gasteiger partial charge >= 0.3 is 6.03 Å². The summed E-state index contributed by atoms with van der Waals surface area (Å²) in [6.45, 7) is 4.11. The van der Waals surface area contributed by atoms with Crippen LogP contribution in [0.2, 0.25) is 0 Å². The van der Waals surface area contributed by atoms with Crippen LogP contribution >= 0.6 is 11.8 Å². The Morgan fingerprint density at radius 2 is 2.06 bits per heavy atom. The van der Waals surface area contributed by atoms with Crippen molar-refractivity contribution in [3.8, 4) is 0 Å². The predicted octanol–water partition coefficient (Wildman–Crippen LogP) is 2.32. The Kier molecular flexibility index (Phi) is 4.38. The monoisotopic (exact) mass is 242 g/mol. The highest BCUT2D eigenvalue weighted by Crippen LogP contribution is 2.19. The lowest BCUT2D eigenvalue weighted by molar-refractivity contribution is 0.165. The minimum absolute atomic E-state index is 0.170. The van der Waals surface area contributed by atoms with Crippen LogP contribution in [0.25, 0.3) is 0 Å². The molecule has 1 unspecified atom stereocenters. The zero-order valence-corrected chi connectivity index (χ0v) is 10.9. The van der Waals surface area contributed by atoms with Crippen LogP contribution in [0, 0.1) is 5.92 Å². The van der Waals surface area contributed by atoms with Gasteiger partial charge in [-0.3, -0.25) is 0 Å². The quantitative estimate of drug-likeness (QED) is 0.765. The first-order valence-corrected chi connectivity index (χ1v) is 7.54. The summed E-state index contributed by atoms with van der Waals surface area (Å²) in [5, 5.41) is 3.18. The van der Waals surface area contributed by atoms with Gasteiger partial charge in [0.1, 0.15) is 0 Å². The van der Waals surface area contributed by atoms with Crippen LogP contribution < -0.4 is 5.32 Å². The van der Waals surface area contributed by atoms with Crippen molar-refractivity contribution in [2.45, 2.75) is 38.6 Å². The van der Waals surface area contributed by atoms with Crippen molar-refractivity contribution in [2.75, 3.05) is 24.6 Å². The number of nitrogens with one attached hydrogen (secondary N) is 1. The van der Waals surface area contributed by atoms with Crippen molar-refractivity contribution in [3.63, 3.8) is 0 Å². The molecule has 0 saturated carbocycles. The number of urea groups is 1. The maximum atomic E-state index is 12.0. The molecule has 1 atom stereocenters. The molecule has 0 aromatic carbocycles. The van der Waals surface area contributed by atoms with Crippen molar-refractivity contribution < 1.29 is 4.79 Å². The number of hydrogen-bond acceptors (Lipinski definition) is 2. The molecule has 0 radical (unpaired) electrons. The molecule has 3 nitrogen and oxygen atoms in total. The summed E-state index contributed by atoms with van der Waals surface area (Å²) in [4.78, 5) is 14.0. The minimum Gasteiger partial charge on any atom is -0.335 e. The molecule has 2 aliphatic heterocycles. The Bertz CT molecular complexity index is 241. The first kappa shape index (κ1) is 12.1. The van der Waals surface area contributed by atoms with Gasteiger partial charge in [-0.15, -0.1) is 0 Å². The van der Waals surface area contributed by atoms with Crippen molar-refractivity contribution >= 4 is 17.8 Å². The summed E-state index contributed by atoms with van der Waals surface area (Å²) in [5.41, 5.74) is 0. The van der Waals surface area contributed by atoms with E-state index in [-0.39, 0.29) is 6.03 Å². The van der Waals surface area contributed by atoms with Crippen molar-refractivity contribution in [3.05, 3.63) is 0 Å². The van der Waals surface area contributed by atoms with Crippen LogP contribution in [-0.2, 0) is 0 Å². The molecule has 0 aromatic rings. The fraction of sp³-hybridized carbons (Fsp3) is 0.917. The number of nitrogens with zero attached hydrogens (tertiary/aromatic N) is 1. The number of amides is 2. The van der Waals surface area contributed by atoms with Crippen molar-refractivity contribution in [1.29, 1.82) is 0 Å². The molecule has 2 rings (SSSR count). The SMILES string of the molecule is CC1CCCN(C(=O)NC2CCSCC2)C1. The highest BCUT2D eigenvalue weighted by atomic mass is 32.2. The molecule has 16 heavy (non-hydrogen) atoms. The molecule has 2 amide bonds. The Morgan fingerprint density at radius 3 is 2.75 bits per heavy atom. The van der Waals surface area contributed by atoms with E-state index in [0.29, 0.717) is 12.0 Å². The molecule has 0 spiro atoms. The molecular weight excluding hydrogens is 220 g/mol. The van der Waals surface area contributed by atoms with E-state index >= 15 is 0 Å². The number of rotatable bonds is 1. The molecule has 0 bridgehead atoms. The number of hydrogen-bond donors (Lipinski definition) is 1. The van der Waals surface area contributed by atoms with E-state index in [1.54, 1.807) is 0 Å². The molecule has 0 aliphatic carbocycles. The van der Waals surface area contributed by atoms with E-state index in [0.717, 1.165) is 32.4 Å². The molecule has 2 saturated heterocycles. The van der Waals surface area contributed by atoms with Gasteiger partial charge in [-0.25, -0.2) is 4.79 Å². The molecule has 2 fully saturated rings. The normalized spacial score (nSPS) is 27.8. The maximum Gasteiger partial charge on any atom is 0.317 e. The summed E-state index contributed by atoms with van der Waals surface area (Å²) in [6, 6.07) is 0.592. The van der Waals surface area contributed by atoms with Crippen molar-refractivity contribution in [1.82, 2.24) is 10.2 Å². The van der Waals surface area contributed by atoms with E-state index in [9.17, 15) is 4.79 Å². The third-order valence-corrected chi connectivity index (χ3v) is 4.54. The van der Waals surface area contributed by atoms with Crippen LogP contribution in [0.1, 0.15) is 32.6 Å². The summed E-state index contributed by atoms with van der Waals surface area (Å²) >= 11 is 2.00. The van der Waals surface area contributed by atoms with Gasteiger partial charge < -0.3 is 10.2 Å². The van der Waals surface area contributed by atoms with Crippen LogP contribution in [0.3, 0.4) is 0 Å². The van der Waals surface area contributed by atoms with Gasteiger partial charge in [0.15, 0.2) is 0 Å². The topological polar surface area (TPSA) is 32.3 Å². The lowest BCUT2D eigenvalue weighted by atomic mass is 10.0. The third kappa shape index (κ3) is 3.30. The predicted molar refractivity (Wildman–Crippen MR) is 68.8 cm³/mol. The van der Waals surface area contributed by atoms with Gasteiger partial charge in [0.2, 0.25) is 0 Å². The Morgan fingerprint density at radius 1 is 1.31 bits per heavy atom. The lowest BCUT2D eigenvalue weighted by Gasteiger charge is -2.33. The second-order valence-corrected chi connectivity index (χ2v) is 6.25. The minimum atomic E-state index is 0.170. The first-order valence-electron chi connectivity index (χ1n) is 6.39. The summed E-state index contributed by atoms with van der Waals surface area (Å²) in [7, 11) is 0. The highest BCUT2D eigenvalue weighted by molar-refractivity contribution is 7.99.